The minimum atomic E-state index is -1.54. The maximum Gasteiger partial charge on any atom is 0.315 e. The van der Waals surface area contributed by atoms with Gasteiger partial charge < -0.3 is 34.7 Å². The summed E-state index contributed by atoms with van der Waals surface area (Å²) in [6.07, 6.45) is -2.13. The third kappa shape index (κ3) is 5.43. The largest absolute Gasteiger partial charge is 0.469 e. The molecule has 1 saturated carbocycles. The number of aliphatic hydroxyl groups is 3. The number of methoxy groups -OCH3 is 1. The van der Waals surface area contributed by atoms with Gasteiger partial charge >= 0.3 is 5.97 Å². The van der Waals surface area contributed by atoms with Gasteiger partial charge in [0.25, 0.3) is 0 Å². The Hall–Kier alpha value is -2.95. The summed E-state index contributed by atoms with van der Waals surface area (Å²) >= 11 is 6.62. The van der Waals surface area contributed by atoms with E-state index in [0.717, 1.165) is 16.5 Å². The van der Waals surface area contributed by atoms with E-state index >= 15 is 0 Å². The van der Waals surface area contributed by atoms with Crippen molar-refractivity contribution in [3.05, 3.63) is 70.4 Å². The van der Waals surface area contributed by atoms with Gasteiger partial charge in [-0.1, -0.05) is 41.9 Å². The highest BCUT2D eigenvalue weighted by Crippen LogP contribution is 2.40. The standard InChI is InChI=1S/C28H31ClN2O7/c1-37-23(33)12-22(32)30-13-21-25(34)26(35)27(36)28(38-21)31-14-18(24-19(29)3-2-4-20(24)31)11-15-5-7-16(8-6-15)17-9-10-17/h2-8,14,17,21,25-28,34-36H,9-13H2,1H3,(H,30,32)/t21-,25-,26+,27-,28-/m1/s1. The van der Waals surface area contributed by atoms with Gasteiger partial charge in [-0.3, -0.25) is 9.59 Å². The molecule has 1 aliphatic heterocycles. The summed E-state index contributed by atoms with van der Waals surface area (Å²) in [6, 6.07) is 14.0. The first-order valence-corrected chi connectivity index (χ1v) is 13.0. The van der Waals surface area contributed by atoms with E-state index in [0.29, 0.717) is 22.9 Å². The Morgan fingerprint density at radius 3 is 2.50 bits per heavy atom. The number of carbonyl (C=O) groups excluding carboxylic acids is 2. The van der Waals surface area contributed by atoms with Crippen molar-refractivity contribution < 1.29 is 34.4 Å². The van der Waals surface area contributed by atoms with Crippen molar-refractivity contribution in [2.45, 2.75) is 62.2 Å². The molecule has 5 rings (SSSR count). The fourth-order valence-corrected chi connectivity index (χ4v) is 5.34. The molecular formula is C28H31ClN2O7. The Kier molecular flexibility index (Phi) is 7.74. The van der Waals surface area contributed by atoms with E-state index in [4.69, 9.17) is 16.3 Å². The van der Waals surface area contributed by atoms with Crippen LogP contribution in [0.15, 0.2) is 48.7 Å². The van der Waals surface area contributed by atoms with E-state index in [2.05, 4.69) is 34.3 Å². The maximum atomic E-state index is 12.0. The first-order valence-electron chi connectivity index (χ1n) is 12.7. The summed E-state index contributed by atoms with van der Waals surface area (Å²) in [6.45, 7) is -0.183. The summed E-state index contributed by atoms with van der Waals surface area (Å²) in [7, 11) is 1.18. The highest BCUT2D eigenvalue weighted by Gasteiger charge is 2.45. The summed E-state index contributed by atoms with van der Waals surface area (Å²) in [5, 5.41) is 35.9. The lowest BCUT2D eigenvalue weighted by atomic mass is 9.97. The number of nitrogens with zero attached hydrogens (tertiary/aromatic N) is 1. The minimum absolute atomic E-state index is 0.183. The first-order chi connectivity index (χ1) is 18.3. The molecule has 2 fully saturated rings. The SMILES string of the molecule is COC(=O)CC(=O)NC[C@H]1O[C@@H](n2cc(Cc3ccc(C4CC4)cc3)c3c(Cl)cccc32)[C@H](O)[C@@H](O)[C@@H]1O. The lowest BCUT2D eigenvalue weighted by Crippen LogP contribution is -2.58. The topological polar surface area (TPSA) is 130 Å². The second-order valence-electron chi connectivity index (χ2n) is 9.98. The number of hydrogen-bond donors (Lipinski definition) is 4. The Bertz CT molecular complexity index is 1320. The fourth-order valence-electron chi connectivity index (χ4n) is 5.05. The van der Waals surface area contributed by atoms with Gasteiger partial charge in [-0.15, -0.1) is 0 Å². The van der Waals surface area contributed by atoms with Crippen LogP contribution in [0.25, 0.3) is 10.9 Å². The number of amides is 1. The molecule has 202 valence electrons. The van der Waals surface area contributed by atoms with Crippen LogP contribution in [0.3, 0.4) is 0 Å². The number of fused-ring (bicyclic) bond motifs is 1. The molecule has 10 heteroatoms. The quantitative estimate of drug-likeness (QED) is 0.254. The molecule has 1 aliphatic carbocycles. The molecule has 9 nitrogen and oxygen atoms in total. The van der Waals surface area contributed by atoms with Gasteiger partial charge in [-0.25, -0.2) is 0 Å². The molecule has 1 amide bonds. The number of ether oxygens (including phenoxy) is 2. The van der Waals surface area contributed by atoms with Gasteiger partial charge in [-0.2, -0.15) is 0 Å². The predicted molar refractivity (Wildman–Crippen MR) is 140 cm³/mol. The average molecular weight is 543 g/mol. The van der Waals surface area contributed by atoms with Gasteiger partial charge in [0.2, 0.25) is 5.91 Å². The zero-order chi connectivity index (χ0) is 27.0. The van der Waals surface area contributed by atoms with Crippen molar-refractivity contribution in [3.8, 4) is 0 Å². The summed E-state index contributed by atoms with van der Waals surface area (Å²) in [5.74, 6) is -0.644. The van der Waals surface area contributed by atoms with Crippen molar-refractivity contribution in [2.75, 3.05) is 13.7 Å². The van der Waals surface area contributed by atoms with Gasteiger partial charge in [0.1, 0.15) is 30.8 Å². The van der Waals surface area contributed by atoms with Crippen molar-refractivity contribution in [1.29, 1.82) is 0 Å². The van der Waals surface area contributed by atoms with Gasteiger partial charge in [-0.05, 0) is 54.0 Å². The van der Waals surface area contributed by atoms with Crippen LogP contribution in [0, 0.1) is 0 Å². The molecule has 0 bridgehead atoms. The van der Waals surface area contributed by atoms with E-state index in [1.54, 1.807) is 16.7 Å². The van der Waals surface area contributed by atoms with Crippen molar-refractivity contribution >= 4 is 34.4 Å². The molecule has 2 aliphatic rings. The van der Waals surface area contributed by atoms with Crippen LogP contribution in [0.4, 0.5) is 0 Å². The van der Waals surface area contributed by atoms with Gasteiger partial charge in [0, 0.05) is 18.1 Å². The molecule has 2 aromatic carbocycles. The second-order valence-corrected chi connectivity index (χ2v) is 10.4. The lowest BCUT2D eigenvalue weighted by molar-refractivity contribution is -0.242. The number of aliphatic hydroxyl groups excluding tert-OH is 3. The van der Waals surface area contributed by atoms with Crippen LogP contribution in [-0.2, 0) is 25.5 Å². The molecule has 3 aromatic rings. The molecule has 4 N–H and O–H groups in total. The minimum Gasteiger partial charge on any atom is -0.469 e. The van der Waals surface area contributed by atoms with Crippen LogP contribution in [0.2, 0.25) is 5.02 Å². The number of aromatic nitrogens is 1. The van der Waals surface area contributed by atoms with Gasteiger partial charge in [0.15, 0.2) is 6.23 Å². The zero-order valence-corrected chi connectivity index (χ0v) is 21.7. The number of esters is 1. The number of carbonyl (C=O) groups is 2. The molecule has 1 aromatic heterocycles. The summed E-state index contributed by atoms with van der Waals surface area (Å²) in [4.78, 5) is 23.4. The number of rotatable bonds is 8. The Balaban J connectivity index is 1.41. The van der Waals surface area contributed by atoms with Crippen molar-refractivity contribution in [1.82, 2.24) is 9.88 Å². The molecule has 2 heterocycles. The molecule has 38 heavy (non-hydrogen) atoms. The second kappa shape index (κ2) is 11.0. The van der Waals surface area contributed by atoms with Crippen LogP contribution < -0.4 is 5.32 Å². The number of hydrogen-bond acceptors (Lipinski definition) is 7. The van der Waals surface area contributed by atoms with Crippen LogP contribution in [0.5, 0.6) is 0 Å². The average Bonchev–Trinajstić information content (AvgIpc) is 3.70. The zero-order valence-electron chi connectivity index (χ0n) is 20.9. The van der Waals surface area contributed by atoms with Gasteiger partial charge in [0.05, 0.1) is 17.6 Å². The van der Waals surface area contributed by atoms with Crippen LogP contribution >= 0.6 is 11.6 Å². The number of nitrogens with one attached hydrogen (secondary N) is 1. The smallest absolute Gasteiger partial charge is 0.315 e. The molecular weight excluding hydrogens is 512 g/mol. The van der Waals surface area contributed by atoms with Crippen molar-refractivity contribution in [3.63, 3.8) is 0 Å². The third-order valence-corrected chi connectivity index (χ3v) is 7.62. The predicted octanol–water partition coefficient (Wildman–Crippen LogP) is 2.42. The normalized spacial score (nSPS) is 25.3. The Morgan fingerprint density at radius 2 is 1.82 bits per heavy atom. The summed E-state index contributed by atoms with van der Waals surface area (Å²) < 4.78 is 12.2. The highest BCUT2D eigenvalue weighted by molar-refractivity contribution is 6.35. The summed E-state index contributed by atoms with van der Waals surface area (Å²) in [5.41, 5.74) is 4.08. The fraction of sp³-hybridized carbons (Fsp3) is 0.429. The maximum absolute atomic E-state index is 12.0. The number of halogens is 1. The highest BCUT2D eigenvalue weighted by atomic mass is 35.5. The molecule has 5 atom stereocenters. The first kappa shape index (κ1) is 26.6. The molecule has 1 saturated heterocycles. The molecule has 0 radical (unpaired) electrons. The Morgan fingerprint density at radius 1 is 1.08 bits per heavy atom. The van der Waals surface area contributed by atoms with E-state index in [-0.39, 0.29) is 6.54 Å². The van der Waals surface area contributed by atoms with E-state index < -0.39 is 48.9 Å². The molecule has 0 spiro atoms. The number of benzene rings is 2. The van der Waals surface area contributed by atoms with Crippen LogP contribution in [0.1, 0.15) is 48.1 Å². The third-order valence-electron chi connectivity index (χ3n) is 7.30. The lowest BCUT2D eigenvalue weighted by Gasteiger charge is -2.41. The van der Waals surface area contributed by atoms with E-state index in [1.807, 2.05) is 12.3 Å². The van der Waals surface area contributed by atoms with E-state index in [9.17, 15) is 24.9 Å². The van der Waals surface area contributed by atoms with E-state index in [1.165, 1.54) is 25.5 Å². The monoisotopic (exact) mass is 542 g/mol. The van der Waals surface area contributed by atoms with Crippen LogP contribution in [-0.4, -0.2) is 69.8 Å². The Labute approximate surface area is 224 Å². The molecule has 0 unspecified atom stereocenters. The van der Waals surface area contributed by atoms with Crippen molar-refractivity contribution in [2.24, 2.45) is 0 Å².